The van der Waals surface area contributed by atoms with E-state index in [0.29, 0.717) is 17.9 Å². The molecule has 10 heteroatoms. The Morgan fingerprint density at radius 2 is 1.93 bits per heavy atom. The van der Waals surface area contributed by atoms with Crippen molar-refractivity contribution in [2.45, 2.75) is 37.1 Å². The molecule has 0 saturated carbocycles. The van der Waals surface area contributed by atoms with Gasteiger partial charge >= 0.3 is 0 Å². The lowest BCUT2D eigenvalue weighted by Crippen LogP contribution is -2.20. The lowest BCUT2D eigenvalue weighted by Gasteiger charge is -2.15. The van der Waals surface area contributed by atoms with Gasteiger partial charge in [0.15, 0.2) is 15.6 Å². The zero-order chi connectivity index (χ0) is 21.5. The number of hydrogen-bond acceptors (Lipinski definition) is 6. The Kier molecular flexibility index (Phi) is 5.23. The summed E-state index contributed by atoms with van der Waals surface area (Å²) in [7, 11) is -7.06. The molecular weight excluding hydrogens is 426 g/mol. The second-order valence-electron chi connectivity index (χ2n) is 7.72. The van der Waals surface area contributed by atoms with Crippen LogP contribution in [0.4, 0.5) is 5.82 Å². The average Bonchev–Trinajstić information content (AvgIpc) is 3.41. The molecule has 1 aliphatic heterocycles. The summed E-state index contributed by atoms with van der Waals surface area (Å²) in [5.41, 5.74) is 1.47. The average molecular weight is 450 g/mol. The molecule has 0 aliphatic carbocycles. The van der Waals surface area contributed by atoms with Gasteiger partial charge < -0.3 is 4.42 Å². The summed E-state index contributed by atoms with van der Waals surface area (Å²) in [6.07, 6.45) is 1.87. The van der Waals surface area contributed by atoms with Gasteiger partial charge in [-0.25, -0.2) is 21.5 Å². The van der Waals surface area contributed by atoms with Gasteiger partial charge in [0.25, 0.3) is 10.0 Å². The number of rotatable bonds is 6. The van der Waals surface area contributed by atoms with E-state index in [1.807, 2.05) is 13.8 Å². The number of sulfone groups is 1. The van der Waals surface area contributed by atoms with E-state index in [1.54, 1.807) is 42.5 Å². The van der Waals surface area contributed by atoms with E-state index >= 15 is 0 Å². The second-order valence-corrected chi connectivity index (χ2v) is 11.6. The first-order valence-corrected chi connectivity index (χ1v) is 12.9. The molecule has 30 heavy (non-hydrogen) atoms. The first-order valence-electron chi connectivity index (χ1n) is 9.61. The fourth-order valence-corrected chi connectivity index (χ4v) is 6.22. The third kappa shape index (κ3) is 4.15. The van der Waals surface area contributed by atoms with Crippen molar-refractivity contribution in [2.24, 2.45) is 0 Å². The molecule has 1 fully saturated rings. The Balaban J connectivity index is 1.70. The number of anilines is 1. The summed E-state index contributed by atoms with van der Waals surface area (Å²) in [6.45, 7) is 4.07. The number of hydrogen-bond donors (Lipinski definition) is 1. The van der Waals surface area contributed by atoms with Crippen LogP contribution < -0.4 is 4.72 Å². The summed E-state index contributed by atoms with van der Waals surface area (Å²) in [4.78, 5) is 0.123. The number of sulfonamides is 1. The van der Waals surface area contributed by atoms with E-state index in [1.165, 1.54) is 10.9 Å². The molecule has 1 saturated heterocycles. The zero-order valence-electron chi connectivity index (χ0n) is 16.6. The van der Waals surface area contributed by atoms with Gasteiger partial charge in [0.05, 0.1) is 28.7 Å². The molecule has 4 rings (SSSR count). The molecule has 3 aromatic rings. The van der Waals surface area contributed by atoms with Crippen molar-refractivity contribution >= 4 is 25.7 Å². The van der Waals surface area contributed by atoms with Crippen LogP contribution in [0.15, 0.2) is 58.0 Å². The minimum absolute atomic E-state index is 0.0520. The van der Waals surface area contributed by atoms with Crippen LogP contribution in [0.25, 0.3) is 11.5 Å². The topological polar surface area (TPSA) is 111 Å². The van der Waals surface area contributed by atoms with Crippen LogP contribution in [-0.4, -0.2) is 38.1 Å². The van der Waals surface area contributed by atoms with Crippen LogP contribution in [0.3, 0.4) is 0 Å². The van der Waals surface area contributed by atoms with E-state index < -0.39 is 25.9 Å². The number of benzene rings is 1. The van der Waals surface area contributed by atoms with Crippen LogP contribution in [0.5, 0.6) is 0 Å². The maximum atomic E-state index is 13.0. The molecule has 8 nitrogen and oxygen atoms in total. The maximum Gasteiger partial charge on any atom is 0.263 e. The first kappa shape index (κ1) is 20.7. The summed E-state index contributed by atoms with van der Waals surface area (Å²) in [5.74, 6) is 0.935. The Hall–Kier alpha value is -2.59. The lowest BCUT2D eigenvalue weighted by atomic mass is 10.0. The molecule has 160 valence electrons. The minimum Gasteiger partial charge on any atom is -0.463 e. The Bertz CT molecular complexity index is 1240. The molecule has 0 bridgehead atoms. The molecule has 0 spiro atoms. The molecule has 3 heterocycles. The van der Waals surface area contributed by atoms with E-state index in [9.17, 15) is 16.8 Å². The van der Waals surface area contributed by atoms with Crippen LogP contribution in [0.1, 0.15) is 37.8 Å². The van der Waals surface area contributed by atoms with Gasteiger partial charge in [-0.15, -0.1) is 0 Å². The first-order chi connectivity index (χ1) is 14.1. The van der Waals surface area contributed by atoms with E-state index in [2.05, 4.69) is 9.82 Å². The van der Waals surface area contributed by atoms with E-state index in [-0.39, 0.29) is 28.1 Å². The predicted octanol–water partition coefficient (Wildman–Crippen LogP) is 3.43. The molecule has 1 aliphatic rings. The molecule has 1 aromatic carbocycles. The van der Waals surface area contributed by atoms with Crippen molar-refractivity contribution in [1.29, 1.82) is 0 Å². The second kappa shape index (κ2) is 7.59. The molecular formula is C20H23N3O5S2. The third-order valence-corrected chi connectivity index (χ3v) is 8.28. The molecule has 1 N–H and O–H groups in total. The highest BCUT2D eigenvalue weighted by Crippen LogP contribution is 2.31. The fraction of sp³-hybridized carbons (Fsp3) is 0.350. The van der Waals surface area contributed by atoms with E-state index in [0.717, 1.165) is 5.56 Å². The monoisotopic (exact) mass is 449 g/mol. The molecule has 2 aromatic heterocycles. The van der Waals surface area contributed by atoms with Crippen molar-refractivity contribution in [2.75, 3.05) is 16.2 Å². The van der Waals surface area contributed by atoms with Gasteiger partial charge in [-0.2, -0.15) is 5.10 Å². The molecule has 0 unspecified atom stereocenters. The summed E-state index contributed by atoms with van der Waals surface area (Å²) >= 11 is 0. The van der Waals surface area contributed by atoms with Gasteiger partial charge in [0, 0.05) is 6.07 Å². The standard InChI is InChI=1S/C20H23N3O5S2/c1-14(2)15-5-7-17(8-6-15)30(26,27)22-20-12-18(19-4-3-10-28-19)21-23(20)16-9-11-29(24,25)13-16/h3-8,10,12,14,16,22H,9,11,13H2,1-2H3/t16-/m0/s1. The number of nitrogens with zero attached hydrogens (tertiary/aromatic N) is 2. The summed E-state index contributed by atoms with van der Waals surface area (Å²) < 4.78 is 59.3. The Morgan fingerprint density at radius 3 is 2.50 bits per heavy atom. The molecule has 0 amide bonds. The maximum absolute atomic E-state index is 13.0. The van der Waals surface area contributed by atoms with Crippen molar-refractivity contribution in [1.82, 2.24) is 9.78 Å². The fourth-order valence-electron chi connectivity index (χ4n) is 3.49. The Labute approximate surface area is 175 Å². The normalized spacial score (nSPS) is 18.7. The van der Waals surface area contributed by atoms with Crippen molar-refractivity contribution in [3.63, 3.8) is 0 Å². The highest BCUT2D eigenvalue weighted by atomic mass is 32.2. The largest absolute Gasteiger partial charge is 0.463 e. The number of furan rings is 1. The quantitative estimate of drug-likeness (QED) is 0.617. The lowest BCUT2D eigenvalue weighted by molar-refractivity contribution is 0.504. The zero-order valence-corrected chi connectivity index (χ0v) is 18.3. The number of aromatic nitrogens is 2. The Morgan fingerprint density at radius 1 is 1.20 bits per heavy atom. The third-order valence-electron chi connectivity index (χ3n) is 5.16. The molecule has 1 atom stereocenters. The van der Waals surface area contributed by atoms with Crippen LogP contribution in [-0.2, 0) is 19.9 Å². The van der Waals surface area contributed by atoms with Gasteiger partial charge in [0.1, 0.15) is 11.5 Å². The predicted molar refractivity (Wildman–Crippen MR) is 114 cm³/mol. The van der Waals surface area contributed by atoms with Crippen LogP contribution >= 0.6 is 0 Å². The van der Waals surface area contributed by atoms with Gasteiger partial charge in [0.2, 0.25) is 0 Å². The van der Waals surface area contributed by atoms with Crippen LogP contribution in [0.2, 0.25) is 0 Å². The van der Waals surface area contributed by atoms with E-state index in [4.69, 9.17) is 4.42 Å². The van der Waals surface area contributed by atoms with Crippen molar-refractivity contribution in [3.8, 4) is 11.5 Å². The van der Waals surface area contributed by atoms with Crippen molar-refractivity contribution in [3.05, 3.63) is 54.3 Å². The van der Waals surface area contributed by atoms with Gasteiger partial charge in [-0.05, 0) is 42.2 Å². The number of nitrogens with one attached hydrogen (secondary N) is 1. The molecule has 0 radical (unpaired) electrons. The van der Waals surface area contributed by atoms with Crippen LogP contribution in [0, 0.1) is 0 Å². The summed E-state index contributed by atoms with van der Waals surface area (Å²) in [5, 5.41) is 4.45. The van der Waals surface area contributed by atoms with Gasteiger partial charge in [-0.1, -0.05) is 26.0 Å². The minimum atomic E-state index is -3.88. The van der Waals surface area contributed by atoms with Gasteiger partial charge in [-0.3, -0.25) is 4.72 Å². The van der Waals surface area contributed by atoms with Crippen molar-refractivity contribution < 1.29 is 21.3 Å². The smallest absolute Gasteiger partial charge is 0.263 e. The highest BCUT2D eigenvalue weighted by Gasteiger charge is 2.32. The SMILES string of the molecule is CC(C)c1ccc(S(=O)(=O)Nc2cc(-c3ccco3)nn2[C@H]2CCS(=O)(=O)C2)cc1. The highest BCUT2D eigenvalue weighted by molar-refractivity contribution is 7.92. The summed E-state index contributed by atoms with van der Waals surface area (Å²) in [6, 6.07) is 11.2.